The van der Waals surface area contributed by atoms with E-state index in [-0.39, 0.29) is 0 Å². The Kier molecular flexibility index (Phi) is 3.82. The normalized spacial score (nSPS) is 10.9. The van der Waals surface area contributed by atoms with Crippen molar-refractivity contribution in [2.45, 2.75) is 27.2 Å². The number of nitrogens with one attached hydrogen (secondary N) is 1. The second-order valence-electron chi connectivity index (χ2n) is 5.95. The summed E-state index contributed by atoms with van der Waals surface area (Å²) < 4.78 is 0. The van der Waals surface area contributed by atoms with E-state index in [1.165, 1.54) is 27.6 Å². The summed E-state index contributed by atoms with van der Waals surface area (Å²) in [5.74, 6) is 6.43. The maximum absolute atomic E-state index is 5.68. The Hall–Kier alpha value is -2.39. The van der Waals surface area contributed by atoms with Gasteiger partial charge >= 0.3 is 0 Å². The van der Waals surface area contributed by atoms with Crippen LogP contribution in [0.15, 0.2) is 42.5 Å². The van der Waals surface area contributed by atoms with Crippen molar-refractivity contribution in [3.05, 3.63) is 70.3 Å². The largest absolute Gasteiger partial charge is 0.308 e. The minimum atomic E-state index is 0.748. The Labute approximate surface area is 131 Å². The number of hydrogen-bond acceptors (Lipinski definition) is 3. The molecule has 1 heterocycles. The number of hydrazine groups is 1. The Morgan fingerprint density at radius 2 is 1.68 bits per heavy atom. The van der Waals surface area contributed by atoms with Crippen LogP contribution < -0.4 is 11.3 Å². The summed E-state index contributed by atoms with van der Waals surface area (Å²) in [4.78, 5) is 4.69. The van der Waals surface area contributed by atoms with E-state index in [2.05, 4.69) is 68.7 Å². The van der Waals surface area contributed by atoms with Crippen molar-refractivity contribution < 1.29 is 0 Å². The topological polar surface area (TPSA) is 50.9 Å². The highest BCUT2D eigenvalue weighted by molar-refractivity contribution is 5.85. The fraction of sp³-hybridized carbons (Fsp3) is 0.211. The molecule has 0 atom stereocenters. The van der Waals surface area contributed by atoms with E-state index in [1.54, 1.807) is 0 Å². The number of pyridine rings is 1. The number of rotatable bonds is 3. The third-order valence-electron chi connectivity index (χ3n) is 4.02. The van der Waals surface area contributed by atoms with Gasteiger partial charge in [0.25, 0.3) is 0 Å². The molecule has 0 amide bonds. The van der Waals surface area contributed by atoms with Crippen molar-refractivity contribution >= 4 is 16.7 Å². The van der Waals surface area contributed by atoms with Gasteiger partial charge in [-0.05, 0) is 49.6 Å². The quantitative estimate of drug-likeness (QED) is 0.565. The molecule has 0 aliphatic carbocycles. The minimum absolute atomic E-state index is 0.748. The standard InChI is InChI=1S/C19H21N3/c1-12-4-6-15(7-5-12)10-16-11-17-14(3)8-13(2)9-18(17)21-19(16)22-20/h4-9,11H,10,20H2,1-3H3,(H,21,22). The number of benzene rings is 2. The van der Waals surface area contributed by atoms with Crippen LogP contribution in [0.4, 0.5) is 5.82 Å². The molecule has 0 aliphatic rings. The van der Waals surface area contributed by atoms with Gasteiger partial charge < -0.3 is 5.43 Å². The average Bonchev–Trinajstić information content (AvgIpc) is 2.49. The van der Waals surface area contributed by atoms with Crippen LogP contribution in [0, 0.1) is 20.8 Å². The molecule has 0 bridgehead atoms. The molecule has 3 aromatic rings. The van der Waals surface area contributed by atoms with E-state index >= 15 is 0 Å². The van der Waals surface area contributed by atoms with E-state index < -0.39 is 0 Å². The fourth-order valence-corrected chi connectivity index (χ4v) is 2.86. The van der Waals surface area contributed by atoms with Crippen molar-refractivity contribution in [3.8, 4) is 0 Å². The molecule has 112 valence electrons. The lowest BCUT2D eigenvalue weighted by molar-refractivity contribution is 1.13. The summed E-state index contributed by atoms with van der Waals surface area (Å²) >= 11 is 0. The Morgan fingerprint density at radius 1 is 0.955 bits per heavy atom. The third kappa shape index (κ3) is 2.81. The number of aromatic nitrogens is 1. The molecule has 22 heavy (non-hydrogen) atoms. The van der Waals surface area contributed by atoms with Crippen LogP contribution in [0.5, 0.6) is 0 Å². The minimum Gasteiger partial charge on any atom is -0.308 e. The molecule has 3 rings (SSSR count). The summed E-state index contributed by atoms with van der Waals surface area (Å²) in [6.45, 7) is 6.31. The van der Waals surface area contributed by atoms with Crippen molar-refractivity contribution in [1.82, 2.24) is 4.98 Å². The van der Waals surface area contributed by atoms with Crippen LogP contribution >= 0.6 is 0 Å². The van der Waals surface area contributed by atoms with Crippen molar-refractivity contribution in [1.29, 1.82) is 0 Å². The van der Waals surface area contributed by atoms with Gasteiger partial charge in [-0.25, -0.2) is 10.8 Å². The van der Waals surface area contributed by atoms with E-state index in [4.69, 9.17) is 10.8 Å². The van der Waals surface area contributed by atoms with Gasteiger partial charge in [-0.1, -0.05) is 35.9 Å². The summed E-state index contributed by atoms with van der Waals surface area (Å²) in [6, 6.07) is 15.1. The number of nitrogens with two attached hydrogens (primary N) is 1. The van der Waals surface area contributed by atoms with E-state index in [1.807, 2.05) is 0 Å². The van der Waals surface area contributed by atoms with Gasteiger partial charge in [-0.3, -0.25) is 0 Å². The smallest absolute Gasteiger partial charge is 0.144 e. The Bertz CT molecular complexity index is 820. The molecule has 0 radical (unpaired) electrons. The molecule has 0 aliphatic heterocycles. The highest BCUT2D eigenvalue weighted by Gasteiger charge is 2.09. The van der Waals surface area contributed by atoms with E-state index in [0.29, 0.717) is 0 Å². The first kappa shape index (κ1) is 14.5. The van der Waals surface area contributed by atoms with Gasteiger partial charge in [0.05, 0.1) is 5.52 Å². The van der Waals surface area contributed by atoms with Crippen LogP contribution in [0.3, 0.4) is 0 Å². The van der Waals surface area contributed by atoms with E-state index in [0.717, 1.165) is 23.3 Å². The molecule has 0 saturated heterocycles. The first-order valence-corrected chi connectivity index (χ1v) is 7.50. The monoisotopic (exact) mass is 291 g/mol. The molecule has 1 aromatic heterocycles. The van der Waals surface area contributed by atoms with Crippen molar-refractivity contribution in [2.75, 3.05) is 5.43 Å². The summed E-state index contributed by atoms with van der Waals surface area (Å²) in [5.41, 5.74) is 9.83. The Morgan fingerprint density at radius 3 is 2.36 bits per heavy atom. The fourth-order valence-electron chi connectivity index (χ4n) is 2.86. The first-order chi connectivity index (χ1) is 10.6. The number of anilines is 1. The first-order valence-electron chi connectivity index (χ1n) is 7.50. The zero-order chi connectivity index (χ0) is 15.7. The molecule has 2 aromatic carbocycles. The third-order valence-corrected chi connectivity index (χ3v) is 4.02. The number of nitrogens with zero attached hydrogens (tertiary/aromatic N) is 1. The molecule has 3 N–H and O–H groups in total. The van der Waals surface area contributed by atoms with Gasteiger partial charge in [0, 0.05) is 17.4 Å². The van der Waals surface area contributed by atoms with Gasteiger partial charge in [-0.15, -0.1) is 0 Å². The van der Waals surface area contributed by atoms with Crippen molar-refractivity contribution in [2.24, 2.45) is 5.84 Å². The lowest BCUT2D eigenvalue weighted by atomic mass is 10.00. The highest BCUT2D eigenvalue weighted by atomic mass is 15.2. The van der Waals surface area contributed by atoms with Crippen LogP contribution in [0.25, 0.3) is 10.9 Å². The molecule has 0 fully saturated rings. The van der Waals surface area contributed by atoms with Crippen molar-refractivity contribution in [3.63, 3.8) is 0 Å². The lowest BCUT2D eigenvalue weighted by Gasteiger charge is -2.12. The lowest BCUT2D eigenvalue weighted by Crippen LogP contribution is -2.11. The highest BCUT2D eigenvalue weighted by Crippen LogP contribution is 2.26. The van der Waals surface area contributed by atoms with Gasteiger partial charge in [-0.2, -0.15) is 0 Å². The second-order valence-corrected chi connectivity index (χ2v) is 5.95. The molecule has 0 unspecified atom stereocenters. The summed E-state index contributed by atoms with van der Waals surface area (Å²) in [5, 5.41) is 1.19. The number of nitrogen functional groups attached to an aromatic ring is 1. The summed E-state index contributed by atoms with van der Waals surface area (Å²) in [7, 11) is 0. The van der Waals surface area contributed by atoms with Gasteiger partial charge in [0.2, 0.25) is 0 Å². The van der Waals surface area contributed by atoms with Crippen LogP contribution in [0.2, 0.25) is 0 Å². The van der Waals surface area contributed by atoms with E-state index in [9.17, 15) is 0 Å². The molecule has 0 saturated carbocycles. The Balaban J connectivity index is 2.09. The SMILES string of the molecule is Cc1ccc(Cc2cc3c(C)cc(C)cc3nc2NN)cc1. The maximum atomic E-state index is 5.68. The average molecular weight is 291 g/mol. The number of fused-ring (bicyclic) bond motifs is 1. The number of aryl methyl sites for hydroxylation is 3. The predicted molar refractivity (Wildman–Crippen MR) is 93.0 cm³/mol. The van der Waals surface area contributed by atoms with Gasteiger partial charge in [0.1, 0.15) is 5.82 Å². The molecule has 0 spiro atoms. The van der Waals surface area contributed by atoms with Crippen LogP contribution in [-0.2, 0) is 6.42 Å². The second kappa shape index (κ2) is 5.78. The van der Waals surface area contributed by atoms with Crippen LogP contribution in [0.1, 0.15) is 27.8 Å². The maximum Gasteiger partial charge on any atom is 0.144 e. The molecule has 3 heteroatoms. The molecule has 3 nitrogen and oxygen atoms in total. The zero-order valence-corrected chi connectivity index (χ0v) is 13.3. The predicted octanol–water partition coefficient (Wildman–Crippen LogP) is 4.04. The zero-order valence-electron chi connectivity index (χ0n) is 13.3. The van der Waals surface area contributed by atoms with Gasteiger partial charge in [0.15, 0.2) is 0 Å². The number of hydrogen-bond donors (Lipinski definition) is 2. The molecular formula is C19H21N3. The van der Waals surface area contributed by atoms with Crippen LogP contribution in [-0.4, -0.2) is 4.98 Å². The molecular weight excluding hydrogens is 270 g/mol. The summed E-state index contributed by atoms with van der Waals surface area (Å²) in [6.07, 6.45) is 0.816.